The van der Waals surface area contributed by atoms with Gasteiger partial charge in [0.1, 0.15) is 11.5 Å². The van der Waals surface area contributed by atoms with Gasteiger partial charge in [-0.25, -0.2) is 18.4 Å². The number of rotatable bonds is 11. The summed E-state index contributed by atoms with van der Waals surface area (Å²) in [5.74, 6) is 0.888. The van der Waals surface area contributed by atoms with E-state index in [-0.39, 0.29) is 29.0 Å². The van der Waals surface area contributed by atoms with Crippen LogP contribution in [0.3, 0.4) is 0 Å². The van der Waals surface area contributed by atoms with Crippen LogP contribution in [0, 0.1) is 0 Å². The summed E-state index contributed by atoms with van der Waals surface area (Å²) in [6.07, 6.45) is 0. The second-order valence-corrected chi connectivity index (χ2v) is 10.7. The summed E-state index contributed by atoms with van der Waals surface area (Å²) >= 11 is 0. The molecule has 5 rings (SSSR count). The number of ether oxygens (including phenoxy) is 2. The van der Waals surface area contributed by atoms with Crippen molar-refractivity contribution in [3.05, 3.63) is 97.1 Å². The molecule has 0 spiro atoms. The quantitative estimate of drug-likeness (QED) is 0.164. The molecule has 11 nitrogen and oxygen atoms in total. The van der Waals surface area contributed by atoms with Crippen molar-refractivity contribution in [2.24, 2.45) is 0 Å². The molecule has 0 atom stereocenters. The molecule has 0 aliphatic carbocycles. The minimum absolute atomic E-state index is 0.00993. The van der Waals surface area contributed by atoms with E-state index in [2.05, 4.69) is 30.6 Å². The van der Waals surface area contributed by atoms with Gasteiger partial charge in [-0.3, -0.25) is 9.52 Å². The second-order valence-electron chi connectivity index (χ2n) is 9.04. The SMILES string of the molecule is COc1cc(Nc2nc3ccccc3nc2NS(=O)(=O)c2cccc(NC(=O)CNc3ccccc3)c2)cc(OC)c1. The van der Waals surface area contributed by atoms with Gasteiger partial charge < -0.3 is 25.4 Å². The molecule has 12 heteroatoms. The van der Waals surface area contributed by atoms with Crippen LogP contribution < -0.4 is 30.1 Å². The maximum Gasteiger partial charge on any atom is 0.263 e. The molecule has 0 saturated heterocycles. The van der Waals surface area contributed by atoms with E-state index in [0.29, 0.717) is 33.9 Å². The van der Waals surface area contributed by atoms with Gasteiger partial charge in [-0.2, -0.15) is 0 Å². The first-order valence-corrected chi connectivity index (χ1v) is 14.3. The van der Waals surface area contributed by atoms with Crippen molar-refractivity contribution in [3.63, 3.8) is 0 Å². The fourth-order valence-electron chi connectivity index (χ4n) is 4.05. The monoisotopic (exact) mass is 584 g/mol. The van der Waals surface area contributed by atoms with Crippen molar-refractivity contribution in [1.82, 2.24) is 9.97 Å². The number of carbonyl (C=O) groups excluding carboxylic acids is 1. The molecular formula is C30H28N6O5S. The summed E-state index contributed by atoms with van der Waals surface area (Å²) in [6, 6.07) is 27.5. The number of methoxy groups -OCH3 is 2. The predicted molar refractivity (Wildman–Crippen MR) is 163 cm³/mol. The third kappa shape index (κ3) is 6.85. The molecule has 0 fully saturated rings. The topological polar surface area (TPSA) is 144 Å². The molecule has 0 radical (unpaired) electrons. The molecular weight excluding hydrogens is 556 g/mol. The number of fused-ring (bicyclic) bond motifs is 1. The van der Waals surface area contributed by atoms with Gasteiger partial charge in [-0.05, 0) is 42.5 Å². The Kier molecular flexibility index (Phi) is 8.34. The smallest absolute Gasteiger partial charge is 0.263 e. The largest absolute Gasteiger partial charge is 0.497 e. The molecule has 0 aliphatic rings. The molecule has 0 saturated carbocycles. The third-order valence-corrected chi connectivity index (χ3v) is 7.41. The minimum Gasteiger partial charge on any atom is -0.497 e. The third-order valence-electron chi connectivity index (χ3n) is 6.07. The molecule has 4 aromatic carbocycles. The number of hydrogen-bond acceptors (Lipinski definition) is 9. The Bertz CT molecular complexity index is 1810. The van der Waals surface area contributed by atoms with Crippen molar-refractivity contribution in [3.8, 4) is 11.5 Å². The summed E-state index contributed by atoms with van der Waals surface area (Å²) in [7, 11) is -1.08. The number of sulfonamides is 1. The van der Waals surface area contributed by atoms with Crippen molar-refractivity contribution in [1.29, 1.82) is 0 Å². The van der Waals surface area contributed by atoms with Crippen LogP contribution in [0.1, 0.15) is 0 Å². The molecule has 0 unspecified atom stereocenters. The van der Waals surface area contributed by atoms with Crippen molar-refractivity contribution >= 4 is 55.7 Å². The van der Waals surface area contributed by atoms with Gasteiger partial charge >= 0.3 is 0 Å². The molecule has 5 aromatic rings. The van der Waals surface area contributed by atoms with Crippen LogP contribution in [-0.4, -0.2) is 45.1 Å². The van der Waals surface area contributed by atoms with E-state index in [1.165, 1.54) is 26.4 Å². The highest BCUT2D eigenvalue weighted by atomic mass is 32.2. The van der Waals surface area contributed by atoms with Gasteiger partial charge in [0, 0.05) is 35.3 Å². The van der Waals surface area contributed by atoms with Crippen LogP contribution in [0.25, 0.3) is 11.0 Å². The fraction of sp³-hybridized carbons (Fsp3) is 0.100. The lowest BCUT2D eigenvalue weighted by molar-refractivity contribution is -0.114. The first-order chi connectivity index (χ1) is 20.3. The Morgan fingerprint density at radius 1 is 0.714 bits per heavy atom. The van der Waals surface area contributed by atoms with E-state index in [1.807, 2.05) is 36.4 Å². The Morgan fingerprint density at radius 2 is 1.33 bits per heavy atom. The standard InChI is InChI=1S/C30H28N6O5S/c1-40-23-15-22(16-24(18-23)41-2)33-29-30(35-27-14-7-6-13-26(27)34-29)36-42(38,39)25-12-8-11-21(17-25)32-28(37)19-31-20-9-4-3-5-10-20/h3-18,31H,19H2,1-2H3,(H,32,37)(H,33,34)(H,35,36). The van der Waals surface area contributed by atoms with Crippen molar-refractivity contribution < 1.29 is 22.7 Å². The maximum absolute atomic E-state index is 13.5. The lowest BCUT2D eigenvalue weighted by atomic mass is 10.2. The summed E-state index contributed by atoms with van der Waals surface area (Å²) in [4.78, 5) is 21.6. The van der Waals surface area contributed by atoms with Gasteiger partial charge in [0.2, 0.25) is 5.91 Å². The number of carbonyl (C=O) groups is 1. The molecule has 1 heterocycles. The minimum atomic E-state index is -4.14. The molecule has 42 heavy (non-hydrogen) atoms. The van der Waals surface area contributed by atoms with E-state index < -0.39 is 10.0 Å². The van der Waals surface area contributed by atoms with Crippen LogP contribution in [0.4, 0.5) is 28.7 Å². The number of benzene rings is 4. The molecule has 4 N–H and O–H groups in total. The van der Waals surface area contributed by atoms with E-state index in [1.54, 1.807) is 48.5 Å². The van der Waals surface area contributed by atoms with Gasteiger partial charge in [0.25, 0.3) is 10.0 Å². The molecule has 0 bridgehead atoms. The van der Waals surface area contributed by atoms with E-state index in [0.717, 1.165) is 5.69 Å². The van der Waals surface area contributed by atoms with Crippen molar-refractivity contribution in [2.75, 3.05) is 41.4 Å². The number of aromatic nitrogens is 2. The second kappa shape index (κ2) is 12.4. The van der Waals surface area contributed by atoms with Gasteiger partial charge in [-0.1, -0.05) is 36.4 Å². The number of nitrogens with one attached hydrogen (secondary N) is 4. The molecule has 214 valence electrons. The average molecular weight is 585 g/mol. The lowest BCUT2D eigenvalue weighted by Crippen LogP contribution is -2.22. The van der Waals surface area contributed by atoms with Gasteiger partial charge in [0.15, 0.2) is 11.6 Å². The summed E-state index contributed by atoms with van der Waals surface area (Å²) in [5, 5.41) is 8.87. The first-order valence-electron chi connectivity index (χ1n) is 12.8. The summed E-state index contributed by atoms with van der Waals surface area (Å²) < 4.78 is 40.3. The van der Waals surface area contributed by atoms with Crippen molar-refractivity contribution in [2.45, 2.75) is 4.90 Å². The number of nitrogens with zero attached hydrogens (tertiary/aromatic N) is 2. The zero-order valence-corrected chi connectivity index (χ0v) is 23.6. The fourth-order valence-corrected chi connectivity index (χ4v) is 5.10. The highest BCUT2D eigenvalue weighted by Gasteiger charge is 2.20. The van der Waals surface area contributed by atoms with Crippen LogP contribution in [0.2, 0.25) is 0 Å². The number of amides is 1. The van der Waals surface area contributed by atoms with E-state index in [4.69, 9.17) is 9.47 Å². The average Bonchev–Trinajstić information content (AvgIpc) is 3.00. The Balaban J connectivity index is 1.40. The zero-order chi connectivity index (χ0) is 29.5. The van der Waals surface area contributed by atoms with Crippen LogP contribution in [0.15, 0.2) is 102 Å². The first kappa shape index (κ1) is 28.2. The Hall–Kier alpha value is -5.36. The summed E-state index contributed by atoms with van der Waals surface area (Å²) in [5.41, 5.74) is 2.72. The number of hydrogen-bond donors (Lipinski definition) is 4. The van der Waals surface area contributed by atoms with Gasteiger partial charge in [-0.15, -0.1) is 0 Å². The molecule has 1 aromatic heterocycles. The van der Waals surface area contributed by atoms with Gasteiger partial charge in [0.05, 0.1) is 36.7 Å². The normalized spacial score (nSPS) is 11.0. The molecule has 0 aliphatic heterocycles. The maximum atomic E-state index is 13.5. The van der Waals surface area contributed by atoms with E-state index >= 15 is 0 Å². The highest BCUT2D eigenvalue weighted by molar-refractivity contribution is 7.92. The highest BCUT2D eigenvalue weighted by Crippen LogP contribution is 2.31. The number of para-hydroxylation sites is 3. The molecule has 1 amide bonds. The number of anilines is 5. The zero-order valence-electron chi connectivity index (χ0n) is 22.8. The van der Waals surface area contributed by atoms with Crippen LogP contribution in [-0.2, 0) is 14.8 Å². The predicted octanol–water partition coefficient (Wildman–Crippen LogP) is 5.24. The van der Waals surface area contributed by atoms with Crippen LogP contribution in [0.5, 0.6) is 11.5 Å². The lowest BCUT2D eigenvalue weighted by Gasteiger charge is -2.15. The Morgan fingerprint density at radius 3 is 2.00 bits per heavy atom. The Labute approximate surface area is 243 Å². The van der Waals surface area contributed by atoms with E-state index in [9.17, 15) is 13.2 Å². The van der Waals surface area contributed by atoms with Crippen LogP contribution >= 0.6 is 0 Å². The summed E-state index contributed by atoms with van der Waals surface area (Å²) in [6.45, 7) is 0.00993.